The van der Waals surface area contributed by atoms with Crippen LogP contribution >= 0.6 is 0 Å². The second-order valence-electron chi connectivity index (χ2n) is 4.92. The van der Waals surface area contributed by atoms with Gasteiger partial charge in [0.15, 0.2) is 6.10 Å². The molecule has 2 aliphatic rings. The predicted octanol–water partition coefficient (Wildman–Crippen LogP) is 0.126. The smallest absolute Gasteiger partial charge is 0.257 e. The quantitative estimate of drug-likeness (QED) is 0.705. The minimum atomic E-state index is -1.10. The van der Waals surface area contributed by atoms with E-state index in [-0.39, 0.29) is 11.9 Å². The fraction of sp³-hybridized carbons (Fsp3) is 0.385. The van der Waals surface area contributed by atoms with Crippen LogP contribution in [0.2, 0.25) is 0 Å². The lowest BCUT2D eigenvalue weighted by Crippen LogP contribution is -2.40. The molecule has 3 rings (SSSR count). The third-order valence-electron chi connectivity index (χ3n) is 3.75. The Morgan fingerprint density at radius 1 is 1.47 bits per heavy atom. The molecule has 2 heterocycles. The molecule has 100 valence electrons. The van der Waals surface area contributed by atoms with Gasteiger partial charge in [-0.1, -0.05) is 6.07 Å². The molecule has 1 aromatic rings. The van der Waals surface area contributed by atoms with Crippen molar-refractivity contribution in [2.24, 2.45) is 5.73 Å². The second kappa shape index (κ2) is 4.24. The lowest BCUT2D eigenvalue weighted by molar-refractivity contribution is -0.123. The van der Waals surface area contributed by atoms with Crippen LogP contribution in [-0.4, -0.2) is 29.5 Å². The maximum Gasteiger partial charge on any atom is 0.257 e. The van der Waals surface area contributed by atoms with Gasteiger partial charge in [-0.05, 0) is 25.0 Å². The Morgan fingerprint density at radius 2 is 2.26 bits per heavy atom. The number of rotatable bonds is 2. The van der Waals surface area contributed by atoms with Crippen LogP contribution in [0.15, 0.2) is 18.2 Å². The molecule has 4 N–H and O–H groups in total. The first-order valence-electron chi connectivity index (χ1n) is 6.27. The number of nitrogens with two attached hydrogens (primary N) is 1. The Labute approximate surface area is 110 Å². The average Bonchev–Trinajstić information content (AvgIpc) is 2.95. The van der Waals surface area contributed by atoms with E-state index < -0.39 is 12.0 Å². The van der Waals surface area contributed by atoms with E-state index in [2.05, 4.69) is 5.32 Å². The van der Waals surface area contributed by atoms with Crippen molar-refractivity contribution in [2.45, 2.75) is 25.0 Å². The number of nitrogens with zero attached hydrogens (tertiary/aromatic N) is 1. The number of fused-ring (bicyclic) bond motifs is 1. The van der Waals surface area contributed by atoms with Gasteiger partial charge in [0.25, 0.3) is 5.91 Å². The van der Waals surface area contributed by atoms with Gasteiger partial charge < -0.3 is 21.1 Å². The Balaban J connectivity index is 1.93. The number of benzene rings is 1. The van der Waals surface area contributed by atoms with Crippen molar-refractivity contribution in [2.75, 3.05) is 16.8 Å². The third-order valence-corrected chi connectivity index (χ3v) is 3.75. The van der Waals surface area contributed by atoms with Crippen molar-refractivity contribution in [3.8, 4) is 0 Å². The van der Waals surface area contributed by atoms with E-state index in [0.29, 0.717) is 11.3 Å². The number of hydrogen-bond acceptors (Lipinski definition) is 4. The minimum Gasteiger partial charge on any atom is -0.378 e. The van der Waals surface area contributed by atoms with Gasteiger partial charge >= 0.3 is 0 Å². The van der Waals surface area contributed by atoms with Crippen LogP contribution in [-0.2, 0) is 9.59 Å². The van der Waals surface area contributed by atoms with Crippen LogP contribution in [0.25, 0.3) is 0 Å². The van der Waals surface area contributed by atoms with E-state index in [1.807, 2.05) is 11.0 Å². The summed E-state index contributed by atoms with van der Waals surface area (Å²) in [5.74, 6) is -0.748. The van der Waals surface area contributed by atoms with Gasteiger partial charge in [0.05, 0.1) is 0 Å². The summed E-state index contributed by atoms with van der Waals surface area (Å²) >= 11 is 0. The molecule has 0 saturated carbocycles. The first kappa shape index (κ1) is 12.0. The predicted molar refractivity (Wildman–Crippen MR) is 69.6 cm³/mol. The largest absolute Gasteiger partial charge is 0.378 e. The zero-order valence-electron chi connectivity index (χ0n) is 10.3. The summed E-state index contributed by atoms with van der Waals surface area (Å²) in [4.78, 5) is 24.7. The fourth-order valence-corrected chi connectivity index (χ4v) is 2.78. The van der Waals surface area contributed by atoms with Crippen LogP contribution in [0.4, 0.5) is 11.4 Å². The van der Waals surface area contributed by atoms with Gasteiger partial charge in [-0.3, -0.25) is 9.59 Å². The van der Waals surface area contributed by atoms with Crippen LogP contribution in [0.5, 0.6) is 0 Å². The van der Waals surface area contributed by atoms with Crippen LogP contribution in [0, 0.1) is 0 Å². The van der Waals surface area contributed by atoms with Crippen LogP contribution in [0.3, 0.4) is 0 Å². The third kappa shape index (κ3) is 1.84. The van der Waals surface area contributed by atoms with Crippen molar-refractivity contribution in [3.05, 3.63) is 23.8 Å². The summed E-state index contributed by atoms with van der Waals surface area (Å²) in [6.45, 7) is 0.767. The lowest BCUT2D eigenvalue weighted by atomic mass is 10.1. The summed E-state index contributed by atoms with van der Waals surface area (Å²) in [5.41, 5.74) is 7.41. The Hall–Kier alpha value is -2.08. The fourth-order valence-electron chi connectivity index (χ4n) is 2.78. The van der Waals surface area contributed by atoms with Crippen molar-refractivity contribution < 1.29 is 14.7 Å². The van der Waals surface area contributed by atoms with E-state index in [1.165, 1.54) is 0 Å². The molecule has 0 radical (unpaired) electrons. The maximum absolute atomic E-state index is 11.4. The van der Waals surface area contributed by atoms with Crippen molar-refractivity contribution in [3.63, 3.8) is 0 Å². The van der Waals surface area contributed by atoms with E-state index in [9.17, 15) is 14.7 Å². The van der Waals surface area contributed by atoms with E-state index >= 15 is 0 Å². The number of primary amides is 1. The monoisotopic (exact) mass is 261 g/mol. The van der Waals surface area contributed by atoms with Crippen LogP contribution in [0.1, 0.15) is 24.5 Å². The highest BCUT2D eigenvalue weighted by Crippen LogP contribution is 2.35. The molecule has 1 saturated heterocycles. The van der Waals surface area contributed by atoms with E-state index in [4.69, 9.17) is 5.73 Å². The Bertz CT molecular complexity index is 558. The molecule has 19 heavy (non-hydrogen) atoms. The molecule has 0 aliphatic carbocycles. The maximum atomic E-state index is 11.4. The van der Waals surface area contributed by atoms with Crippen molar-refractivity contribution in [1.29, 1.82) is 0 Å². The standard InChI is InChI=1S/C13H15N3O3/c14-12(18)10-2-1-5-16(10)7-3-4-8-9(6-7)15-13(19)11(8)17/h3-4,6,10-11,17H,1-2,5H2,(H2,14,18)(H,15,19). The molecule has 6 nitrogen and oxygen atoms in total. The zero-order valence-corrected chi connectivity index (χ0v) is 10.3. The van der Waals surface area contributed by atoms with E-state index in [1.54, 1.807) is 12.1 Å². The second-order valence-corrected chi connectivity index (χ2v) is 4.92. The van der Waals surface area contributed by atoms with Crippen LogP contribution < -0.4 is 16.0 Å². The number of carbonyl (C=O) groups excluding carboxylic acids is 2. The Kier molecular flexibility index (Phi) is 2.67. The molecule has 6 heteroatoms. The highest BCUT2D eigenvalue weighted by atomic mass is 16.3. The molecular formula is C13H15N3O3. The summed E-state index contributed by atoms with van der Waals surface area (Å²) in [5, 5.41) is 12.3. The number of hydrogen-bond donors (Lipinski definition) is 3. The number of aliphatic hydroxyl groups is 1. The molecule has 0 spiro atoms. The highest BCUT2D eigenvalue weighted by Gasteiger charge is 2.32. The Morgan fingerprint density at radius 3 is 3.00 bits per heavy atom. The van der Waals surface area contributed by atoms with E-state index in [0.717, 1.165) is 25.1 Å². The number of amides is 2. The lowest BCUT2D eigenvalue weighted by Gasteiger charge is -2.24. The van der Waals surface area contributed by atoms with Gasteiger partial charge in [0, 0.05) is 23.5 Å². The van der Waals surface area contributed by atoms with Gasteiger partial charge in [-0.25, -0.2) is 0 Å². The van der Waals surface area contributed by atoms with Gasteiger partial charge in [-0.15, -0.1) is 0 Å². The summed E-state index contributed by atoms with van der Waals surface area (Å²) in [7, 11) is 0. The van der Waals surface area contributed by atoms with Gasteiger partial charge in [0.2, 0.25) is 5.91 Å². The molecule has 2 aliphatic heterocycles. The zero-order chi connectivity index (χ0) is 13.6. The molecule has 1 fully saturated rings. The first-order chi connectivity index (χ1) is 9.08. The minimum absolute atomic E-state index is 0.292. The molecule has 2 atom stereocenters. The average molecular weight is 261 g/mol. The van der Waals surface area contributed by atoms with Crippen molar-refractivity contribution >= 4 is 23.2 Å². The molecular weight excluding hydrogens is 246 g/mol. The normalized spacial score (nSPS) is 25.3. The number of anilines is 2. The van der Waals surface area contributed by atoms with Gasteiger partial charge in [0.1, 0.15) is 6.04 Å². The molecule has 0 bridgehead atoms. The highest BCUT2D eigenvalue weighted by molar-refractivity contribution is 6.02. The molecule has 2 unspecified atom stereocenters. The topological polar surface area (TPSA) is 95.7 Å². The van der Waals surface area contributed by atoms with Gasteiger partial charge in [-0.2, -0.15) is 0 Å². The SMILES string of the molecule is NC(=O)C1CCCN1c1ccc2c(c1)NC(=O)C2O. The summed E-state index contributed by atoms with van der Waals surface area (Å²) in [6, 6.07) is 5.01. The first-order valence-corrected chi connectivity index (χ1v) is 6.27. The summed E-state index contributed by atoms with van der Waals surface area (Å²) < 4.78 is 0. The molecule has 0 aromatic heterocycles. The number of aliphatic hydroxyl groups excluding tert-OH is 1. The number of carbonyl (C=O) groups is 2. The summed E-state index contributed by atoms with van der Waals surface area (Å²) in [6.07, 6.45) is 0.565. The molecule has 1 aromatic carbocycles. The molecule has 2 amide bonds. The number of nitrogens with one attached hydrogen (secondary N) is 1. The van der Waals surface area contributed by atoms with Crippen molar-refractivity contribution in [1.82, 2.24) is 0 Å².